The molecular formula is C23H31NS. The summed E-state index contributed by atoms with van der Waals surface area (Å²) in [6.45, 7) is 4.05. The van der Waals surface area contributed by atoms with Crippen molar-refractivity contribution < 1.29 is 0 Å². The van der Waals surface area contributed by atoms with Crippen molar-refractivity contribution in [3.8, 4) is 0 Å². The molecule has 134 valence electrons. The lowest BCUT2D eigenvalue weighted by Crippen LogP contribution is -2.28. The Morgan fingerprint density at radius 3 is 1.72 bits per heavy atom. The minimum atomic E-state index is 0.893. The van der Waals surface area contributed by atoms with Gasteiger partial charge in [-0.3, -0.25) is 0 Å². The van der Waals surface area contributed by atoms with Crippen molar-refractivity contribution in [2.45, 2.75) is 65.0 Å². The van der Waals surface area contributed by atoms with Crippen molar-refractivity contribution in [1.29, 1.82) is 0 Å². The van der Waals surface area contributed by atoms with Gasteiger partial charge in [0, 0.05) is 13.1 Å². The second-order valence-corrected chi connectivity index (χ2v) is 7.21. The summed E-state index contributed by atoms with van der Waals surface area (Å²) in [7, 11) is 0. The first-order valence-corrected chi connectivity index (χ1v) is 10.1. The molecule has 0 N–H and O–H groups in total. The monoisotopic (exact) mass is 353 g/mol. The molecule has 0 saturated heterocycles. The second kappa shape index (κ2) is 11.8. The number of rotatable bonds is 11. The molecular weight excluding hydrogens is 322 g/mol. The fraction of sp³-hybridized carbons (Fsp3) is 0.435. The SMILES string of the molecule is CCCCCCCCC(=S)N(Cc1ccccc1)Cc1ccccc1. The molecule has 0 atom stereocenters. The van der Waals surface area contributed by atoms with E-state index in [-0.39, 0.29) is 0 Å². The molecule has 0 aliphatic carbocycles. The van der Waals surface area contributed by atoms with Crippen LogP contribution in [0.5, 0.6) is 0 Å². The quantitative estimate of drug-likeness (QED) is 0.324. The maximum atomic E-state index is 5.80. The van der Waals surface area contributed by atoms with E-state index < -0.39 is 0 Å². The first kappa shape index (κ1) is 19.7. The summed E-state index contributed by atoms with van der Waals surface area (Å²) in [6, 6.07) is 21.3. The highest BCUT2D eigenvalue weighted by atomic mass is 32.1. The van der Waals surface area contributed by atoms with Crippen LogP contribution in [0.3, 0.4) is 0 Å². The number of hydrogen-bond donors (Lipinski definition) is 0. The maximum absolute atomic E-state index is 5.80. The molecule has 0 amide bonds. The number of unbranched alkanes of at least 4 members (excludes halogenated alkanes) is 5. The predicted octanol–water partition coefficient (Wildman–Crippen LogP) is 6.77. The Morgan fingerprint density at radius 1 is 0.720 bits per heavy atom. The molecule has 0 radical (unpaired) electrons. The van der Waals surface area contributed by atoms with Crippen molar-refractivity contribution in [2.75, 3.05) is 0 Å². The first-order chi connectivity index (χ1) is 12.3. The van der Waals surface area contributed by atoms with Crippen LogP contribution in [0, 0.1) is 0 Å². The summed E-state index contributed by atoms with van der Waals surface area (Å²) in [5, 5.41) is 0. The average Bonchev–Trinajstić information content (AvgIpc) is 2.65. The van der Waals surface area contributed by atoms with E-state index in [0.717, 1.165) is 24.5 Å². The lowest BCUT2D eigenvalue weighted by molar-refractivity contribution is 0.403. The van der Waals surface area contributed by atoms with Gasteiger partial charge in [-0.25, -0.2) is 0 Å². The van der Waals surface area contributed by atoms with Gasteiger partial charge < -0.3 is 4.90 Å². The Bertz CT molecular complexity index is 553. The summed E-state index contributed by atoms with van der Waals surface area (Å²) < 4.78 is 0. The molecule has 0 aliphatic heterocycles. The second-order valence-electron chi connectivity index (χ2n) is 6.74. The zero-order chi connectivity index (χ0) is 17.7. The average molecular weight is 354 g/mol. The van der Waals surface area contributed by atoms with E-state index in [0.29, 0.717) is 0 Å². The van der Waals surface area contributed by atoms with Gasteiger partial charge in [-0.05, 0) is 24.0 Å². The van der Waals surface area contributed by atoms with E-state index in [4.69, 9.17) is 12.2 Å². The van der Waals surface area contributed by atoms with Gasteiger partial charge in [0.2, 0.25) is 0 Å². The minimum Gasteiger partial charge on any atom is -0.358 e. The molecule has 2 aromatic carbocycles. The molecule has 0 aromatic heterocycles. The molecule has 0 fully saturated rings. The van der Waals surface area contributed by atoms with E-state index in [1.807, 2.05) is 0 Å². The number of thiocarbonyl (C=S) groups is 1. The molecule has 1 nitrogen and oxygen atoms in total. The van der Waals surface area contributed by atoms with Crippen molar-refractivity contribution in [1.82, 2.24) is 4.90 Å². The standard InChI is InChI=1S/C23H31NS/c1-2-3-4-5-6-13-18-23(25)24(19-21-14-9-7-10-15-21)20-22-16-11-8-12-17-22/h7-12,14-17H,2-6,13,18-20H2,1H3. The van der Waals surface area contributed by atoms with Gasteiger partial charge in [0.1, 0.15) is 0 Å². The Balaban J connectivity index is 1.90. The van der Waals surface area contributed by atoms with Crippen LogP contribution >= 0.6 is 12.2 Å². The van der Waals surface area contributed by atoms with Gasteiger partial charge in [-0.2, -0.15) is 0 Å². The normalized spacial score (nSPS) is 10.6. The van der Waals surface area contributed by atoms with E-state index in [1.165, 1.54) is 49.7 Å². The van der Waals surface area contributed by atoms with Gasteiger partial charge in [0.05, 0.1) is 4.99 Å². The molecule has 2 rings (SSSR count). The Morgan fingerprint density at radius 2 is 1.20 bits per heavy atom. The lowest BCUT2D eigenvalue weighted by Gasteiger charge is -2.26. The number of nitrogens with zero attached hydrogens (tertiary/aromatic N) is 1. The van der Waals surface area contributed by atoms with Crippen LogP contribution in [0.25, 0.3) is 0 Å². The van der Waals surface area contributed by atoms with E-state index in [9.17, 15) is 0 Å². The first-order valence-electron chi connectivity index (χ1n) is 9.65. The van der Waals surface area contributed by atoms with Crippen LogP contribution in [0.2, 0.25) is 0 Å². The third kappa shape index (κ3) is 7.83. The highest BCUT2D eigenvalue weighted by Gasteiger charge is 2.11. The molecule has 0 bridgehead atoms. The summed E-state index contributed by atoms with van der Waals surface area (Å²) >= 11 is 5.80. The predicted molar refractivity (Wildman–Crippen MR) is 113 cm³/mol. The van der Waals surface area contributed by atoms with E-state index in [2.05, 4.69) is 72.5 Å². The molecule has 0 spiro atoms. The molecule has 0 unspecified atom stereocenters. The Labute approximate surface area is 159 Å². The summed E-state index contributed by atoms with van der Waals surface area (Å²) in [5.74, 6) is 0. The Kier molecular flexibility index (Phi) is 9.28. The third-order valence-electron chi connectivity index (χ3n) is 4.53. The summed E-state index contributed by atoms with van der Waals surface area (Å²) in [6.07, 6.45) is 8.90. The van der Waals surface area contributed by atoms with Crippen LogP contribution in [0.4, 0.5) is 0 Å². The highest BCUT2D eigenvalue weighted by molar-refractivity contribution is 7.80. The molecule has 0 heterocycles. The van der Waals surface area contributed by atoms with Gasteiger partial charge >= 0.3 is 0 Å². The lowest BCUT2D eigenvalue weighted by atomic mass is 10.1. The van der Waals surface area contributed by atoms with Gasteiger partial charge in [0.25, 0.3) is 0 Å². The zero-order valence-corrected chi connectivity index (χ0v) is 16.3. The van der Waals surface area contributed by atoms with Crippen LogP contribution in [0.15, 0.2) is 60.7 Å². The van der Waals surface area contributed by atoms with Crippen LogP contribution in [-0.2, 0) is 13.1 Å². The number of hydrogen-bond acceptors (Lipinski definition) is 1. The largest absolute Gasteiger partial charge is 0.358 e. The van der Waals surface area contributed by atoms with Crippen molar-refractivity contribution in [3.05, 3.63) is 71.8 Å². The molecule has 25 heavy (non-hydrogen) atoms. The Hall–Kier alpha value is -1.67. The fourth-order valence-electron chi connectivity index (χ4n) is 3.05. The van der Waals surface area contributed by atoms with Crippen LogP contribution in [0.1, 0.15) is 63.0 Å². The minimum absolute atomic E-state index is 0.893. The molecule has 0 saturated carbocycles. The van der Waals surface area contributed by atoms with Crippen molar-refractivity contribution in [3.63, 3.8) is 0 Å². The smallest absolute Gasteiger partial charge is 0.0785 e. The maximum Gasteiger partial charge on any atom is 0.0785 e. The summed E-state index contributed by atoms with van der Waals surface area (Å²) in [5.41, 5.74) is 2.65. The van der Waals surface area contributed by atoms with Crippen LogP contribution < -0.4 is 0 Å². The number of benzene rings is 2. The fourth-order valence-corrected chi connectivity index (χ4v) is 3.33. The van der Waals surface area contributed by atoms with Gasteiger partial charge in [-0.15, -0.1) is 0 Å². The topological polar surface area (TPSA) is 3.24 Å². The van der Waals surface area contributed by atoms with Gasteiger partial charge in [-0.1, -0.05) is 112 Å². The summed E-state index contributed by atoms with van der Waals surface area (Å²) in [4.78, 5) is 3.47. The van der Waals surface area contributed by atoms with Crippen molar-refractivity contribution in [2.24, 2.45) is 0 Å². The van der Waals surface area contributed by atoms with Gasteiger partial charge in [0.15, 0.2) is 0 Å². The van der Waals surface area contributed by atoms with Crippen LogP contribution in [-0.4, -0.2) is 9.89 Å². The third-order valence-corrected chi connectivity index (χ3v) is 4.99. The van der Waals surface area contributed by atoms with E-state index >= 15 is 0 Å². The van der Waals surface area contributed by atoms with E-state index in [1.54, 1.807) is 0 Å². The molecule has 0 aliphatic rings. The zero-order valence-electron chi connectivity index (χ0n) is 15.5. The molecule has 2 aromatic rings. The highest BCUT2D eigenvalue weighted by Crippen LogP contribution is 2.15. The van der Waals surface area contributed by atoms with Crippen molar-refractivity contribution >= 4 is 17.2 Å². The molecule has 2 heteroatoms.